The average molecular weight is 170 g/mol. The molecule has 0 aromatic carbocycles. The molecule has 2 nitrogen and oxygen atoms in total. The van der Waals surface area contributed by atoms with Crippen molar-refractivity contribution in [3.63, 3.8) is 0 Å². The summed E-state index contributed by atoms with van der Waals surface area (Å²) in [4.78, 5) is 0. The number of hydrogen-bond acceptors (Lipinski definition) is 2. The first kappa shape index (κ1) is 9.75. The van der Waals surface area contributed by atoms with Gasteiger partial charge in [0.2, 0.25) is 0 Å². The molecule has 0 spiro atoms. The van der Waals surface area contributed by atoms with Crippen LogP contribution < -0.4 is 0 Å². The highest BCUT2D eigenvalue weighted by atomic mass is 16.7. The summed E-state index contributed by atoms with van der Waals surface area (Å²) in [7, 11) is 1.67. The molecule has 0 aromatic rings. The third-order valence-electron chi connectivity index (χ3n) is 2.65. The fraction of sp³-hybridized carbons (Fsp3) is 0.800. The van der Waals surface area contributed by atoms with Crippen LogP contribution in [0, 0.1) is 5.92 Å². The summed E-state index contributed by atoms with van der Waals surface area (Å²) in [6.45, 7) is 8.09. The highest BCUT2D eigenvalue weighted by Gasteiger charge is 2.28. The largest absolute Gasteiger partial charge is 0.356 e. The van der Waals surface area contributed by atoms with Crippen molar-refractivity contribution in [3.8, 4) is 0 Å². The van der Waals surface area contributed by atoms with Crippen molar-refractivity contribution in [2.24, 2.45) is 5.92 Å². The van der Waals surface area contributed by atoms with Gasteiger partial charge in [-0.2, -0.15) is 0 Å². The first-order chi connectivity index (χ1) is 5.65. The van der Waals surface area contributed by atoms with Crippen LogP contribution in [0.3, 0.4) is 0 Å². The average Bonchev–Trinajstić information content (AvgIpc) is 2.36. The molecular formula is C10H18O2. The van der Waals surface area contributed by atoms with Gasteiger partial charge < -0.3 is 9.47 Å². The molecule has 0 radical (unpaired) electrons. The van der Waals surface area contributed by atoms with Crippen molar-refractivity contribution in [1.29, 1.82) is 0 Å². The van der Waals surface area contributed by atoms with Gasteiger partial charge in [-0.15, -0.1) is 0 Å². The van der Waals surface area contributed by atoms with Gasteiger partial charge in [0.1, 0.15) is 0 Å². The Labute approximate surface area is 74.6 Å². The van der Waals surface area contributed by atoms with Crippen LogP contribution in [0.5, 0.6) is 0 Å². The summed E-state index contributed by atoms with van der Waals surface area (Å²) in [5.41, 5.74) is 1.31. The summed E-state index contributed by atoms with van der Waals surface area (Å²) < 4.78 is 10.7. The van der Waals surface area contributed by atoms with E-state index in [0.29, 0.717) is 12.0 Å². The van der Waals surface area contributed by atoms with Crippen LogP contribution in [0.1, 0.15) is 26.7 Å². The third-order valence-corrected chi connectivity index (χ3v) is 2.65. The molecule has 0 unspecified atom stereocenters. The molecule has 1 aliphatic carbocycles. The molecule has 0 amide bonds. The van der Waals surface area contributed by atoms with Crippen LogP contribution in [-0.4, -0.2) is 19.5 Å². The molecule has 0 saturated heterocycles. The summed E-state index contributed by atoms with van der Waals surface area (Å²) >= 11 is 0. The monoisotopic (exact) mass is 170 g/mol. The molecular weight excluding hydrogens is 152 g/mol. The van der Waals surface area contributed by atoms with Gasteiger partial charge in [-0.25, -0.2) is 0 Å². The number of rotatable bonds is 3. The SMILES string of the molecule is C=C1CC[C@H](O[C@@H](C)OC)[C@H]1C. The summed E-state index contributed by atoms with van der Waals surface area (Å²) in [5, 5.41) is 0. The summed E-state index contributed by atoms with van der Waals surface area (Å²) in [6, 6.07) is 0. The zero-order valence-electron chi connectivity index (χ0n) is 8.17. The molecule has 12 heavy (non-hydrogen) atoms. The second-order valence-corrected chi connectivity index (χ2v) is 3.46. The van der Waals surface area contributed by atoms with E-state index in [0.717, 1.165) is 12.8 Å². The number of ether oxygens (including phenoxy) is 2. The maximum absolute atomic E-state index is 5.66. The van der Waals surface area contributed by atoms with Crippen molar-refractivity contribution in [2.75, 3.05) is 7.11 Å². The van der Waals surface area contributed by atoms with Crippen LogP contribution in [-0.2, 0) is 9.47 Å². The van der Waals surface area contributed by atoms with Crippen LogP contribution in [0.4, 0.5) is 0 Å². The minimum atomic E-state index is -0.0941. The van der Waals surface area contributed by atoms with Gasteiger partial charge in [0.15, 0.2) is 6.29 Å². The fourth-order valence-electron chi connectivity index (χ4n) is 1.56. The molecule has 70 valence electrons. The van der Waals surface area contributed by atoms with Gasteiger partial charge in [0.05, 0.1) is 6.10 Å². The molecule has 1 fully saturated rings. The Morgan fingerprint density at radius 2 is 2.25 bits per heavy atom. The van der Waals surface area contributed by atoms with Gasteiger partial charge in [-0.05, 0) is 19.8 Å². The highest BCUT2D eigenvalue weighted by Crippen LogP contribution is 2.32. The lowest BCUT2D eigenvalue weighted by Crippen LogP contribution is -2.23. The highest BCUT2D eigenvalue weighted by molar-refractivity contribution is 5.08. The van der Waals surface area contributed by atoms with Crippen LogP contribution in [0.15, 0.2) is 12.2 Å². The van der Waals surface area contributed by atoms with E-state index in [9.17, 15) is 0 Å². The molecule has 1 saturated carbocycles. The normalized spacial score (nSPS) is 32.4. The van der Waals surface area contributed by atoms with E-state index in [4.69, 9.17) is 9.47 Å². The minimum Gasteiger partial charge on any atom is -0.356 e. The van der Waals surface area contributed by atoms with Crippen molar-refractivity contribution in [2.45, 2.75) is 39.1 Å². The van der Waals surface area contributed by atoms with Crippen molar-refractivity contribution < 1.29 is 9.47 Å². The maximum Gasteiger partial charge on any atom is 0.154 e. The molecule has 0 bridgehead atoms. The van der Waals surface area contributed by atoms with Crippen molar-refractivity contribution in [3.05, 3.63) is 12.2 Å². The Bertz CT molecular complexity index is 165. The summed E-state index contributed by atoms with van der Waals surface area (Å²) in [6.07, 6.45) is 2.41. The molecule has 0 aromatic heterocycles. The van der Waals surface area contributed by atoms with Gasteiger partial charge in [-0.3, -0.25) is 0 Å². The number of hydrogen-bond donors (Lipinski definition) is 0. The maximum atomic E-state index is 5.66. The lowest BCUT2D eigenvalue weighted by Gasteiger charge is -2.20. The Balaban J connectivity index is 2.38. The first-order valence-corrected chi connectivity index (χ1v) is 4.51. The predicted molar refractivity (Wildman–Crippen MR) is 48.9 cm³/mol. The van der Waals surface area contributed by atoms with Crippen LogP contribution in [0.2, 0.25) is 0 Å². The molecule has 0 heterocycles. The smallest absolute Gasteiger partial charge is 0.154 e. The van der Waals surface area contributed by atoms with E-state index >= 15 is 0 Å². The quantitative estimate of drug-likeness (QED) is 0.478. The van der Waals surface area contributed by atoms with Crippen molar-refractivity contribution in [1.82, 2.24) is 0 Å². The predicted octanol–water partition coefficient (Wildman–Crippen LogP) is 2.35. The van der Waals surface area contributed by atoms with E-state index in [1.807, 2.05) is 6.92 Å². The van der Waals surface area contributed by atoms with E-state index in [-0.39, 0.29) is 6.29 Å². The molecule has 1 rings (SSSR count). The molecule has 1 aliphatic rings. The lowest BCUT2D eigenvalue weighted by atomic mass is 10.1. The topological polar surface area (TPSA) is 18.5 Å². The standard InChI is InChI=1S/C10H18O2/c1-7-5-6-10(8(7)2)12-9(3)11-4/h8-10H,1,5-6H2,2-4H3/t8-,9-,10-/m0/s1. The second-order valence-electron chi connectivity index (χ2n) is 3.46. The molecule has 2 heteroatoms. The van der Waals surface area contributed by atoms with Gasteiger partial charge in [0.25, 0.3) is 0 Å². The zero-order chi connectivity index (χ0) is 9.14. The zero-order valence-corrected chi connectivity index (χ0v) is 8.17. The Morgan fingerprint density at radius 3 is 2.67 bits per heavy atom. The number of methoxy groups -OCH3 is 1. The van der Waals surface area contributed by atoms with E-state index in [1.54, 1.807) is 7.11 Å². The van der Waals surface area contributed by atoms with E-state index in [2.05, 4.69) is 13.5 Å². The fourth-order valence-corrected chi connectivity index (χ4v) is 1.56. The molecule has 0 N–H and O–H groups in total. The molecule has 3 atom stereocenters. The first-order valence-electron chi connectivity index (χ1n) is 4.51. The Kier molecular flexibility index (Phi) is 3.29. The summed E-state index contributed by atoms with van der Waals surface area (Å²) in [5.74, 6) is 0.489. The van der Waals surface area contributed by atoms with Crippen molar-refractivity contribution >= 4 is 0 Å². The van der Waals surface area contributed by atoms with Gasteiger partial charge in [0, 0.05) is 13.0 Å². The van der Waals surface area contributed by atoms with Crippen LogP contribution >= 0.6 is 0 Å². The van der Waals surface area contributed by atoms with Gasteiger partial charge in [-0.1, -0.05) is 19.1 Å². The third kappa shape index (κ3) is 2.08. The van der Waals surface area contributed by atoms with E-state index in [1.165, 1.54) is 5.57 Å². The van der Waals surface area contributed by atoms with Crippen LogP contribution in [0.25, 0.3) is 0 Å². The molecule has 0 aliphatic heterocycles. The van der Waals surface area contributed by atoms with E-state index < -0.39 is 0 Å². The second kappa shape index (κ2) is 4.06. The Hall–Kier alpha value is -0.340. The Morgan fingerprint density at radius 1 is 1.58 bits per heavy atom. The minimum absolute atomic E-state index is 0.0941. The van der Waals surface area contributed by atoms with Gasteiger partial charge >= 0.3 is 0 Å². The lowest BCUT2D eigenvalue weighted by molar-refractivity contribution is -0.149.